The molecule has 0 aliphatic carbocycles. The number of benzene rings is 1. The minimum Gasteiger partial charge on any atom is -0.355 e. The molecule has 0 aliphatic rings. The van der Waals surface area contributed by atoms with E-state index in [1.54, 1.807) is 24.4 Å². The molecule has 0 radical (unpaired) electrons. The molecule has 0 saturated heterocycles. The van der Waals surface area contributed by atoms with E-state index in [1.165, 1.54) is 23.5 Å². The normalized spacial score (nSPS) is 11.4. The van der Waals surface area contributed by atoms with Crippen LogP contribution in [-0.4, -0.2) is 37.4 Å². The Morgan fingerprint density at radius 1 is 1.29 bits per heavy atom. The number of hydrogen-bond donors (Lipinski definition) is 1. The molecular formula is C16H19FN2O3S2. The summed E-state index contributed by atoms with van der Waals surface area (Å²) in [5.74, 6) is -0.510. The molecule has 1 aromatic heterocycles. The number of halogens is 1. The van der Waals surface area contributed by atoms with Gasteiger partial charge in [0.05, 0.1) is 22.9 Å². The maximum absolute atomic E-state index is 12.9. The summed E-state index contributed by atoms with van der Waals surface area (Å²) in [5.41, 5.74) is 1.60. The molecule has 2 aromatic rings. The fourth-order valence-electron chi connectivity index (χ4n) is 2.01. The standard InChI is InChI=1S/C16H19FN2O3S2/c1-2-24(21,22)8-7-18-15(20)10-14-11-23-16(19-14)9-12-3-5-13(17)6-4-12/h3-6,11H,2,7-10H2,1H3,(H,18,20). The van der Waals surface area contributed by atoms with Gasteiger partial charge in [0.1, 0.15) is 5.82 Å². The van der Waals surface area contributed by atoms with Gasteiger partial charge in [0.2, 0.25) is 5.91 Å². The van der Waals surface area contributed by atoms with Crippen molar-refractivity contribution in [3.8, 4) is 0 Å². The van der Waals surface area contributed by atoms with Crippen LogP contribution in [0.25, 0.3) is 0 Å². The zero-order valence-corrected chi connectivity index (χ0v) is 14.9. The summed E-state index contributed by atoms with van der Waals surface area (Å²) in [5, 5.41) is 5.24. The highest BCUT2D eigenvalue weighted by Gasteiger charge is 2.11. The SMILES string of the molecule is CCS(=O)(=O)CCNC(=O)Cc1csc(Cc2ccc(F)cc2)n1. The van der Waals surface area contributed by atoms with Gasteiger partial charge in [-0.3, -0.25) is 4.79 Å². The lowest BCUT2D eigenvalue weighted by Gasteiger charge is -2.04. The average Bonchev–Trinajstić information content (AvgIpc) is 2.96. The minimum absolute atomic E-state index is 0.0535. The Kier molecular flexibility index (Phi) is 6.44. The molecule has 0 saturated carbocycles. The smallest absolute Gasteiger partial charge is 0.226 e. The quantitative estimate of drug-likeness (QED) is 0.771. The number of aromatic nitrogens is 1. The van der Waals surface area contributed by atoms with Crippen molar-refractivity contribution in [2.24, 2.45) is 0 Å². The summed E-state index contributed by atoms with van der Waals surface area (Å²) in [6.07, 6.45) is 0.702. The topological polar surface area (TPSA) is 76.1 Å². The van der Waals surface area contributed by atoms with E-state index in [9.17, 15) is 17.6 Å². The Morgan fingerprint density at radius 3 is 2.67 bits per heavy atom. The van der Waals surface area contributed by atoms with Gasteiger partial charge in [-0.05, 0) is 17.7 Å². The Balaban J connectivity index is 1.82. The van der Waals surface area contributed by atoms with Crippen molar-refractivity contribution in [2.45, 2.75) is 19.8 Å². The van der Waals surface area contributed by atoms with Gasteiger partial charge in [-0.1, -0.05) is 19.1 Å². The lowest BCUT2D eigenvalue weighted by atomic mass is 10.1. The first kappa shape index (κ1) is 18.5. The Morgan fingerprint density at radius 2 is 2.00 bits per heavy atom. The van der Waals surface area contributed by atoms with Gasteiger partial charge in [0.25, 0.3) is 0 Å². The second-order valence-corrected chi connectivity index (χ2v) is 8.71. The molecule has 0 unspecified atom stereocenters. The van der Waals surface area contributed by atoms with E-state index >= 15 is 0 Å². The van der Waals surface area contributed by atoms with Gasteiger partial charge in [0.15, 0.2) is 9.84 Å². The van der Waals surface area contributed by atoms with E-state index in [0.717, 1.165) is 10.6 Å². The number of carbonyl (C=O) groups excluding carboxylic acids is 1. The van der Waals surface area contributed by atoms with Crippen molar-refractivity contribution >= 4 is 27.1 Å². The molecule has 1 aromatic carbocycles. The third-order valence-electron chi connectivity index (χ3n) is 3.38. The van der Waals surface area contributed by atoms with Gasteiger partial charge in [-0.25, -0.2) is 17.8 Å². The molecule has 1 heterocycles. The summed E-state index contributed by atoms with van der Waals surface area (Å²) < 4.78 is 35.6. The molecule has 8 heteroatoms. The molecular weight excluding hydrogens is 351 g/mol. The molecule has 0 fully saturated rings. The number of amides is 1. The van der Waals surface area contributed by atoms with Crippen LogP contribution in [0.15, 0.2) is 29.6 Å². The first-order valence-electron chi connectivity index (χ1n) is 7.53. The van der Waals surface area contributed by atoms with Gasteiger partial charge in [0, 0.05) is 24.1 Å². The number of thiazole rings is 1. The predicted octanol–water partition coefficient (Wildman–Crippen LogP) is 1.97. The highest BCUT2D eigenvalue weighted by molar-refractivity contribution is 7.91. The number of nitrogens with one attached hydrogen (secondary N) is 1. The number of sulfone groups is 1. The first-order valence-corrected chi connectivity index (χ1v) is 10.2. The number of rotatable bonds is 8. The maximum Gasteiger partial charge on any atom is 0.226 e. The molecule has 2 rings (SSSR count). The zero-order chi connectivity index (χ0) is 17.6. The Bertz CT molecular complexity index is 786. The molecule has 1 N–H and O–H groups in total. The van der Waals surface area contributed by atoms with Crippen molar-refractivity contribution < 1.29 is 17.6 Å². The van der Waals surface area contributed by atoms with Crippen LogP contribution < -0.4 is 5.32 Å². The summed E-state index contributed by atoms with van der Waals surface area (Å²) in [4.78, 5) is 16.2. The van der Waals surface area contributed by atoms with Gasteiger partial charge in [-0.2, -0.15) is 0 Å². The summed E-state index contributed by atoms with van der Waals surface area (Å²) in [7, 11) is -3.08. The number of carbonyl (C=O) groups is 1. The fourth-order valence-corrected chi connectivity index (χ4v) is 3.54. The molecule has 0 aliphatic heterocycles. The maximum atomic E-state index is 12.9. The first-order chi connectivity index (χ1) is 11.4. The monoisotopic (exact) mass is 370 g/mol. The van der Waals surface area contributed by atoms with Crippen molar-refractivity contribution in [2.75, 3.05) is 18.1 Å². The third kappa shape index (κ3) is 6.01. The van der Waals surface area contributed by atoms with Crippen molar-refractivity contribution in [1.82, 2.24) is 10.3 Å². The van der Waals surface area contributed by atoms with E-state index in [2.05, 4.69) is 10.3 Å². The zero-order valence-electron chi connectivity index (χ0n) is 13.3. The van der Waals surface area contributed by atoms with Gasteiger partial charge < -0.3 is 5.32 Å². The van der Waals surface area contributed by atoms with Crippen LogP contribution in [0.2, 0.25) is 0 Å². The highest BCUT2D eigenvalue weighted by atomic mass is 32.2. The lowest BCUT2D eigenvalue weighted by Crippen LogP contribution is -2.30. The van der Waals surface area contributed by atoms with Crippen LogP contribution in [0.5, 0.6) is 0 Å². The molecule has 24 heavy (non-hydrogen) atoms. The number of hydrogen-bond acceptors (Lipinski definition) is 5. The second kappa shape index (κ2) is 8.34. The van der Waals surface area contributed by atoms with Crippen LogP contribution in [0.4, 0.5) is 4.39 Å². The molecule has 5 nitrogen and oxygen atoms in total. The molecule has 0 spiro atoms. The van der Waals surface area contributed by atoms with Gasteiger partial charge in [-0.15, -0.1) is 11.3 Å². The fraction of sp³-hybridized carbons (Fsp3) is 0.375. The number of nitrogens with zero attached hydrogens (tertiary/aromatic N) is 1. The van der Waals surface area contributed by atoms with Crippen molar-refractivity contribution in [1.29, 1.82) is 0 Å². The van der Waals surface area contributed by atoms with Crippen LogP contribution in [0, 0.1) is 5.82 Å². The average molecular weight is 370 g/mol. The van der Waals surface area contributed by atoms with Crippen LogP contribution in [0.3, 0.4) is 0 Å². The predicted molar refractivity (Wildman–Crippen MR) is 92.4 cm³/mol. The van der Waals surface area contributed by atoms with E-state index < -0.39 is 9.84 Å². The van der Waals surface area contributed by atoms with Crippen LogP contribution >= 0.6 is 11.3 Å². The highest BCUT2D eigenvalue weighted by Crippen LogP contribution is 2.15. The third-order valence-corrected chi connectivity index (χ3v) is 5.99. The van der Waals surface area contributed by atoms with E-state index in [4.69, 9.17) is 0 Å². The van der Waals surface area contributed by atoms with E-state index in [1.807, 2.05) is 0 Å². The second-order valence-electron chi connectivity index (χ2n) is 5.30. The van der Waals surface area contributed by atoms with Crippen molar-refractivity contribution in [3.05, 3.63) is 51.7 Å². The minimum atomic E-state index is -3.08. The summed E-state index contributed by atoms with van der Waals surface area (Å²) >= 11 is 1.44. The van der Waals surface area contributed by atoms with E-state index in [-0.39, 0.29) is 36.2 Å². The largest absolute Gasteiger partial charge is 0.355 e. The van der Waals surface area contributed by atoms with Gasteiger partial charge >= 0.3 is 0 Å². The molecule has 0 bridgehead atoms. The van der Waals surface area contributed by atoms with Crippen LogP contribution in [0.1, 0.15) is 23.2 Å². The Hall–Kier alpha value is -1.80. The lowest BCUT2D eigenvalue weighted by molar-refractivity contribution is -0.120. The van der Waals surface area contributed by atoms with Crippen LogP contribution in [-0.2, 0) is 27.5 Å². The molecule has 0 atom stereocenters. The summed E-state index contributed by atoms with van der Waals surface area (Å²) in [6.45, 7) is 1.69. The summed E-state index contributed by atoms with van der Waals surface area (Å²) in [6, 6.07) is 6.22. The van der Waals surface area contributed by atoms with Crippen molar-refractivity contribution in [3.63, 3.8) is 0 Å². The molecule has 130 valence electrons. The van der Waals surface area contributed by atoms with E-state index in [0.29, 0.717) is 12.1 Å². The Labute approximate surface area is 144 Å². The molecule has 1 amide bonds.